The molecule has 0 atom stereocenters. The van der Waals surface area contributed by atoms with E-state index in [4.69, 9.17) is 0 Å². The van der Waals surface area contributed by atoms with Gasteiger partial charge in [-0.1, -0.05) is 66.1 Å². The topological polar surface area (TPSA) is 0 Å². The molecule has 96 valence electrons. The predicted octanol–water partition coefficient (Wildman–Crippen LogP) is 5.86. The Hall–Kier alpha value is 0.217. The van der Waals surface area contributed by atoms with E-state index in [9.17, 15) is 0 Å². The molecule has 0 aromatic heterocycles. The molecule has 0 N–H and O–H groups in total. The zero-order chi connectivity index (χ0) is 12.4. The summed E-state index contributed by atoms with van der Waals surface area (Å²) in [7, 11) is -1.03. The lowest BCUT2D eigenvalue weighted by Gasteiger charge is -2.59. The highest BCUT2D eigenvalue weighted by Crippen LogP contribution is 2.63. The van der Waals surface area contributed by atoms with Crippen LogP contribution in [0.15, 0.2) is 0 Å². The van der Waals surface area contributed by atoms with E-state index >= 15 is 0 Å². The summed E-state index contributed by atoms with van der Waals surface area (Å²) < 4.78 is 0. The molecule has 0 nitrogen and oxygen atoms in total. The van der Waals surface area contributed by atoms with Gasteiger partial charge in [0.05, 0.1) is 8.07 Å². The molecule has 0 spiro atoms. The molecule has 1 rings (SSSR count). The first kappa shape index (κ1) is 14.3. The van der Waals surface area contributed by atoms with E-state index in [-0.39, 0.29) is 0 Å². The highest BCUT2D eigenvalue weighted by Gasteiger charge is 2.54. The third-order valence-corrected chi connectivity index (χ3v) is 11.4. The molecule has 0 aromatic carbocycles. The van der Waals surface area contributed by atoms with Crippen LogP contribution in [-0.2, 0) is 0 Å². The van der Waals surface area contributed by atoms with E-state index in [1.54, 1.807) is 6.04 Å². The van der Waals surface area contributed by atoms with Crippen LogP contribution in [0.5, 0.6) is 0 Å². The van der Waals surface area contributed by atoms with Gasteiger partial charge in [0.25, 0.3) is 0 Å². The molecule has 1 fully saturated rings. The van der Waals surface area contributed by atoms with Crippen molar-refractivity contribution in [3.05, 3.63) is 0 Å². The summed E-state index contributed by atoms with van der Waals surface area (Å²) in [5.74, 6) is 0. The minimum atomic E-state index is -1.03. The van der Waals surface area contributed by atoms with E-state index in [2.05, 4.69) is 40.8 Å². The smallest absolute Gasteiger partial charge is 0.0536 e. The third-order valence-electron chi connectivity index (χ3n) is 5.93. The number of hydrogen-bond donors (Lipinski definition) is 0. The minimum absolute atomic E-state index is 0.629. The molecule has 1 aliphatic rings. The zero-order valence-corrected chi connectivity index (χ0v) is 13.4. The molecule has 0 radical (unpaired) electrons. The van der Waals surface area contributed by atoms with Crippen molar-refractivity contribution in [3.63, 3.8) is 0 Å². The Morgan fingerprint density at radius 1 is 1.00 bits per heavy atom. The highest BCUT2D eigenvalue weighted by atomic mass is 28.3. The first-order valence-corrected chi connectivity index (χ1v) is 10.5. The van der Waals surface area contributed by atoms with Gasteiger partial charge < -0.3 is 0 Å². The summed E-state index contributed by atoms with van der Waals surface area (Å²) in [6.45, 7) is 15.2. The third kappa shape index (κ3) is 2.12. The Morgan fingerprint density at radius 3 is 1.94 bits per heavy atom. The largest absolute Gasteiger partial charge is 0.0689 e. The summed E-state index contributed by atoms with van der Waals surface area (Å²) in [5.41, 5.74) is 0.671. The number of rotatable bonds is 4. The lowest BCUT2D eigenvalue weighted by atomic mass is 9.66. The lowest BCUT2D eigenvalue weighted by Crippen LogP contribution is -2.52. The van der Waals surface area contributed by atoms with Gasteiger partial charge in [-0.2, -0.15) is 0 Å². The summed E-state index contributed by atoms with van der Waals surface area (Å²) in [6, 6.07) is 1.55. The van der Waals surface area contributed by atoms with Gasteiger partial charge in [-0.3, -0.25) is 0 Å². The van der Waals surface area contributed by atoms with Crippen LogP contribution in [0.3, 0.4) is 0 Å². The molecule has 1 heterocycles. The van der Waals surface area contributed by atoms with Gasteiger partial charge in [-0.05, 0) is 29.7 Å². The van der Waals surface area contributed by atoms with Crippen molar-refractivity contribution >= 4 is 8.07 Å². The number of hydrogen-bond acceptors (Lipinski definition) is 0. The van der Waals surface area contributed by atoms with E-state index in [1.807, 2.05) is 0 Å². The summed E-state index contributed by atoms with van der Waals surface area (Å²) in [5, 5.41) is 0.629. The van der Waals surface area contributed by atoms with Crippen LogP contribution in [0.25, 0.3) is 0 Å². The Labute approximate surface area is 104 Å². The summed E-state index contributed by atoms with van der Waals surface area (Å²) in [6.07, 6.45) is 8.66. The molecule has 0 aromatic rings. The van der Waals surface area contributed by atoms with Crippen molar-refractivity contribution in [2.24, 2.45) is 5.41 Å². The van der Waals surface area contributed by atoms with Crippen molar-refractivity contribution < 1.29 is 0 Å². The SMILES string of the molecule is CCCC1(CCC)CCC[Si](C)(C)C1(C)C. The molecular formula is C15H32Si. The average Bonchev–Trinajstić information content (AvgIpc) is 2.15. The van der Waals surface area contributed by atoms with Gasteiger partial charge >= 0.3 is 0 Å². The van der Waals surface area contributed by atoms with Gasteiger partial charge in [0, 0.05) is 0 Å². The summed E-state index contributed by atoms with van der Waals surface area (Å²) >= 11 is 0. The molecule has 1 saturated heterocycles. The van der Waals surface area contributed by atoms with Gasteiger partial charge in [-0.15, -0.1) is 0 Å². The van der Waals surface area contributed by atoms with E-state index in [0.29, 0.717) is 10.5 Å². The van der Waals surface area contributed by atoms with E-state index in [0.717, 1.165) is 0 Å². The summed E-state index contributed by atoms with van der Waals surface area (Å²) in [4.78, 5) is 0. The van der Waals surface area contributed by atoms with Crippen LogP contribution < -0.4 is 0 Å². The Kier molecular flexibility index (Phi) is 4.32. The van der Waals surface area contributed by atoms with Crippen molar-refractivity contribution in [3.8, 4) is 0 Å². The van der Waals surface area contributed by atoms with Crippen molar-refractivity contribution in [2.45, 2.75) is 90.4 Å². The zero-order valence-electron chi connectivity index (χ0n) is 12.4. The highest BCUT2D eigenvalue weighted by molar-refractivity contribution is 6.80. The molecule has 0 aliphatic carbocycles. The van der Waals surface area contributed by atoms with Crippen LogP contribution >= 0.6 is 0 Å². The lowest BCUT2D eigenvalue weighted by molar-refractivity contribution is 0.127. The molecule has 16 heavy (non-hydrogen) atoms. The van der Waals surface area contributed by atoms with E-state index in [1.165, 1.54) is 38.5 Å². The van der Waals surface area contributed by atoms with Crippen LogP contribution in [0.1, 0.15) is 66.2 Å². The predicted molar refractivity (Wildman–Crippen MR) is 77.8 cm³/mol. The van der Waals surface area contributed by atoms with Crippen molar-refractivity contribution in [1.29, 1.82) is 0 Å². The fraction of sp³-hybridized carbons (Fsp3) is 1.00. The van der Waals surface area contributed by atoms with Crippen LogP contribution in [-0.4, -0.2) is 8.07 Å². The second-order valence-corrected chi connectivity index (χ2v) is 12.7. The molecule has 0 unspecified atom stereocenters. The van der Waals surface area contributed by atoms with Crippen molar-refractivity contribution in [2.75, 3.05) is 0 Å². The van der Waals surface area contributed by atoms with E-state index < -0.39 is 8.07 Å². The fourth-order valence-corrected chi connectivity index (χ4v) is 7.66. The molecule has 0 bridgehead atoms. The molecule has 1 aliphatic heterocycles. The minimum Gasteiger partial charge on any atom is -0.0689 e. The molecule has 0 amide bonds. The second-order valence-electron chi connectivity index (χ2n) is 7.14. The van der Waals surface area contributed by atoms with Crippen molar-refractivity contribution in [1.82, 2.24) is 0 Å². The van der Waals surface area contributed by atoms with Gasteiger partial charge in [0.1, 0.15) is 0 Å². The Balaban J connectivity index is 3.05. The van der Waals surface area contributed by atoms with Crippen LogP contribution in [0, 0.1) is 5.41 Å². The first-order valence-electron chi connectivity index (χ1n) is 7.33. The molecule has 1 heteroatoms. The van der Waals surface area contributed by atoms with Gasteiger partial charge in [-0.25, -0.2) is 0 Å². The average molecular weight is 241 g/mol. The second kappa shape index (κ2) is 4.84. The van der Waals surface area contributed by atoms with Crippen LogP contribution in [0.2, 0.25) is 24.2 Å². The molecular weight excluding hydrogens is 208 g/mol. The fourth-order valence-electron chi connectivity index (χ4n) is 4.17. The maximum absolute atomic E-state index is 2.63. The monoisotopic (exact) mass is 240 g/mol. The maximum atomic E-state index is 2.63. The quantitative estimate of drug-likeness (QED) is 0.540. The Bertz CT molecular complexity index is 216. The van der Waals surface area contributed by atoms with Crippen LogP contribution in [0.4, 0.5) is 0 Å². The normalized spacial score (nSPS) is 26.6. The molecule has 0 saturated carbocycles. The van der Waals surface area contributed by atoms with Gasteiger partial charge in [0.15, 0.2) is 0 Å². The van der Waals surface area contributed by atoms with Gasteiger partial charge in [0.2, 0.25) is 0 Å². The first-order chi connectivity index (χ1) is 7.33. The maximum Gasteiger partial charge on any atom is 0.0536 e. The Morgan fingerprint density at radius 2 is 1.50 bits per heavy atom. The standard InChI is InChI=1S/C15H32Si/c1-7-10-15(11-8-2)12-9-13-16(5,6)14(15,3)4/h7-13H2,1-6H3.